The summed E-state index contributed by atoms with van der Waals surface area (Å²) in [5, 5.41) is 11.9. The molecule has 0 spiro atoms. The van der Waals surface area contributed by atoms with Crippen LogP contribution in [0.5, 0.6) is 0 Å². The van der Waals surface area contributed by atoms with Crippen molar-refractivity contribution in [3.05, 3.63) is 22.3 Å². The zero-order chi connectivity index (χ0) is 12.5. The molecule has 0 aliphatic carbocycles. The van der Waals surface area contributed by atoms with Crippen molar-refractivity contribution in [1.82, 2.24) is 20.1 Å². The van der Waals surface area contributed by atoms with E-state index >= 15 is 0 Å². The fourth-order valence-electron chi connectivity index (χ4n) is 2.18. The Morgan fingerprint density at radius 2 is 2.44 bits per heavy atom. The predicted molar refractivity (Wildman–Crippen MR) is 72.0 cm³/mol. The van der Waals surface area contributed by atoms with Gasteiger partial charge >= 0.3 is 0 Å². The van der Waals surface area contributed by atoms with Gasteiger partial charge < -0.3 is 5.32 Å². The number of H-pyrrole nitrogens is 1. The lowest BCUT2D eigenvalue weighted by atomic mass is 10.1. The van der Waals surface area contributed by atoms with Crippen LogP contribution in [0, 0.1) is 4.77 Å². The van der Waals surface area contributed by atoms with Crippen molar-refractivity contribution in [3.63, 3.8) is 0 Å². The Balaban J connectivity index is 2.08. The van der Waals surface area contributed by atoms with Gasteiger partial charge in [-0.1, -0.05) is 6.07 Å². The monoisotopic (exact) mass is 280 g/mol. The topological polar surface area (TPSA) is 62.7 Å². The second-order valence-electron chi connectivity index (χ2n) is 4.15. The smallest absolute Gasteiger partial charge is 0.243 e. The van der Waals surface area contributed by atoms with Gasteiger partial charge in [-0.05, 0) is 36.5 Å². The first-order chi connectivity index (χ1) is 8.77. The summed E-state index contributed by atoms with van der Waals surface area (Å²) in [4.78, 5) is 13.0. The van der Waals surface area contributed by atoms with Crippen LogP contribution in [0.1, 0.15) is 18.9 Å². The molecule has 1 atom stereocenters. The van der Waals surface area contributed by atoms with Crippen LogP contribution < -0.4 is 5.32 Å². The van der Waals surface area contributed by atoms with Gasteiger partial charge in [0.15, 0.2) is 10.6 Å². The van der Waals surface area contributed by atoms with Crippen LogP contribution in [-0.4, -0.2) is 27.2 Å². The summed E-state index contributed by atoms with van der Waals surface area (Å²) in [6, 6.07) is 3.69. The number of carbonyl (C=O) groups excluding carboxylic acids is 1. The van der Waals surface area contributed by atoms with Crippen LogP contribution in [-0.2, 0) is 4.79 Å². The second-order valence-corrected chi connectivity index (χ2v) is 5.48. The minimum absolute atomic E-state index is 0.0246. The molecule has 0 bridgehead atoms. The average molecular weight is 280 g/mol. The third kappa shape index (κ3) is 1.89. The standard InChI is InChI=1S/C11H12N4OS2/c16-10-7(3-1-5-12-10)15-9(13-14-11(15)17)8-4-2-6-18-8/h2,4,6-7H,1,3,5H2,(H,12,16)(H,14,17). The molecule has 1 aliphatic heterocycles. The summed E-state index contributed by atoms with van der Waals surface area (Å²) in [5.41, 5.74) is 0. The quantitative estimate of drug-likeness (QED) is 0.828. The Morgan fingerprint density at radius 1 is 1.56 bits per heavy atom. The molecule has 3 heterocycles. The van der Waals surface area contributed by atoms with Gasteiger partial charge in [-0.25, -0.2) is 0 Å². The molecule has 3 rings (SSSR count). The predicted octanol–water partition coefficient (Wildman–Crippen LogP) is 2.12. The van der Waals surface area contributed by atoms with Gasteiger partial charge in [0.25, 0.3) is 0 Å². The highest BCUT2D eigenvalue weighted by Crippen LogP contribution is 2.28. The summed E-state index contributed by atoms with van der Waals surface area (Å²) >= 11 is 6.84. The fraction of sp³-hybridized carbons (Fsp3) is 0.364. The summed E-state index contributed by atoms with van der Waals surface area (Å²) in [6.45, 7) is 0.745. The maximum Gasteiger partial charge on any atom is 0.243 e. The van der Waals surface area contributed by atoms with Crippen molar-refractivity contribution >= 4 is 29.5 Å². The molecular weight excluding hydrogens is 268 g/mol. The average Bonchev–Trinajstić information content (AvgIpc) is 2.99. The van der Waals surface area contributed by atoms with E-state index < -0.39 is 0 Å². The number of nitrogens with one attached hydrogen (secondary N) is 2. The van der Waals surface area contributed by atoms with Gasteiger partial charge in [0, 0.05) is 6.54 Å². The highest BCUT2D eigenvalue weighted by Gasteiger charge is 2.27. The van der Waals surface area contributed by atoms with E-state index in [-0.39, 0.29) is 11.9 Å². The number of amides is 1. The summed E-state index contributed by atoms with van der Waals surface area (Å²) < 4.78 is 2.33. The van der Waals surface area contributed by atoms with Crippen LogP contribution in [0.3, 0.4) is 0 Å². The van der Waals surface area contributed by atoms with Gasteiger partial charge in [-0.2, -0.15) is 5.10 Å². The van der Waals surface area contributed by atoms with E-state index in [2.05, 4.69) is 15.5 Å². The van der Waals surface area contributed by atoms with Gasteiger partial charge in [-0.15, -0.1) is 11.3 Å². The minimum atomic E-state index is -0.248. The number of hydrogen-bond acceptors (Lipinski definition) is 4. The number of thiophene rings is 1. The zero-order valence-corrected chi connectivity index (χ0v) is 11.2. The van der Waals surface area contributed by atoms with Crippen LogP contribution in [0.2, 0.25) is 0 Å². The maximum absolute atomic E-state index is 12.0. The largest absolute Gasteiger partial charge is 0.354 e. The van der Waals surface area contributed by atoms with E-state index in [9.17, 15) is 4.79 Å². The Hall–Kier alpha value is -1.47. The molecule has 18 heavy (non-hydrogen) atoms. The van der Waals surface area contributed by atoms with E-state index in [0.717, 1.165) is 30.1 Å². The summed E-state index contributed by atoms with van der Waals surface area (Å²) in [5.74, 6) is 0.772. The molecular formula is C11H12N4OS2. The first-order valence-electron chi connectivity index (χ1n) is 5.76. The molecule has 1 aliphatic rings. The molecule has 5 nitrogen and oxygen atoms in total. The highest BCUT2D eigenvalue weighted by molar-refractivity contribution is 7.71. The van der Waals surface area contributed by atoms with Gasteiger partial charge in [0.05, 0.1) is 4.88 Å². The number of carbonyl (C=O) groups is 1. The van der Waals surface area contributed by atoms with Crippen molar-refractivity contribution in [2.24, 2.45) is 0 Å². The molecule has 1 fully saturated rings. The van der Waals surface area contributed by atoms with Gasteiger partial charge in [-0.3, -0.25) is 14.5 Å². The number of hydrogen-bond donors (Lipinski definition) is 2. The number of aromatic amines is 1. The van der Waals surface area contributed by atoms with E-state index in [4.69, 9.17) is 12.2 Å². The number of piperidine rings is 1. The van der Waals surface area contributed by atoms with E-state index in [0.29, 0.717) is 4.77 Å². The Morgan fingerprint density at radius 3 is 3.17 bits per heavy atom. The molecule has 0 saturated carbocycles. The molecule has 0 radical (unpaired) electrons. The molecule has 2 aromatic rings. The van der Waals surface area contributed by atoms with Crippen molar-refractivity contribution in [2.45, 2.75) is 18.9 Å². The number of aromatic nitrogens is 3. The summed E-state index contributed by atoms with van der Waals surface area (Å²) in [6.07, 6.45) is 1.77. The molecule has 7 heteroatoms. The third-order valence-electron chi connectivity index (χ3n) is 3.01. The molecule has 2 N–H and O–H groups in total. The van der Waals surface area contributed by atoms with Crippen molar-refractivity contribution in [2.75, 3.05) is 6.54 Å². The van der Waals surface area contributed by atoms with Crippen molar-refractivity contribution < 1.29 is 4.79 Å². The number of nitrogens with zero attached hydrogens (tertiary/aromatic N) is 2. The normalized spacial score (nSPS) is 19.8. The molecule has 1 amide bonds. The fourth-order valence-corrected chi connectivity index (χ4v) is 3.15. The van der Waals surface area contributed by atoms with Crippen LogP contribution >= 0.6 is 23.6 Å². The van der Waals surface area contributed by atoms with Crippen molar-refractivity contribution in [3.8, 4) is 10.7 Å². The van der Waals surface area contributed by atoms with E-state index in [1.807, 2.05) is 22.1 Å². The Kier molecular flexibility index (Phi) is 3.00. The maximum atomic E-state index is 12.0. The lowest BCUT2D eigenvalue weighted by molar-refractivity contribution is -0.125. The van der Waals surface area contributed by atoms with Crippen LogP contribution in [0.25, 0.3) is 10.7 Å². The molecule has 1 unspecified atom stereocenters. The lowest BCUT2D eigenvalue weighted by Crippen LogP contribution is -2.38. The first-order valence-corrected chi connectivity index (χ1v) is 7.04. The number of rotatable bonds is 2. The lowest BCUT2D eigenvalue weighted by Gasteiger charge is -2.23. The second kappa shape index (κ2) is 4.66. The highest BCUT2D eigenvalue weighted by atomic mass is 32.1. The minimum Gasteiger partial charge on any atom is -0.354 e. The Labute approximate surface area is 113 Å². The van der Waals surface area contributed by atoms with Crippen LogP contribution in [0.4, 0.5) is 0 Å². The third-order valence-corrected chi connectivity index (χ3v) is 4.17. The zero-order valence-electron chi connectivity index (χ0n) is 9.55. The van der Waals surface area contributed by atoms with Crippen LogP contribution in [0.15, 0.2) is 17.5 Å². The first kappa shape index (κ1) is 11.6. The Bertz CT molecular complexity index is 613. The van der Waals surface area contributed by atoms with Crippen molar-refractivity contribution in [1.29, 1.82) is 0 Å². The van der Waals surface area contributed by atoms with Gasteiger partial charge in [0.1, 0.15) is 6.04 Å². The SMILES string of the molecule is O=C1NCCCC1n1c(-c2cccs2)n[nH]c1=S. The van der Waals surface area contributed by atoms with E-state index in [1.54, 1.807) is 11.3 Å². The molecule has 0 aromatic carbocycles. The molecule has 1 saturated heterocycles. The van der Waals surface area contributed by atoms with E-state index in [1.165, 1.54) is 0 Å². The molecule has 2 aromatic heterocycles. The summed E-state index contributed by atoms with van der Waals surface area (Å²) in [7, 11) is 0. The molecule has 94 valence electrons. The van der Waals surface area contributed by atoms with Gasteiger partial charge in [0.2, 0.25) is 5.91 Å².